The Morgan fingerprint density at radius 1 is 1.05 bits per heavy atom. The van der Waals surface area contributed by atoms with Crippen LogP contribution in [0, 0.1) is 19.8 Å². The number of aryl methyl sites for hydroxylation is 2. The van der Waals surface area contributed by atoms with Crippen LogP contribution in [-0.2, 0) is 11.2 Å². The van der Waals surface area contributed by atoms with Crippen LogP contribution in [0.25, 0.3) is 33.1 Å². The molecule has 6 nitrogen and oxygen atoms in total. The first-order chi connectivity index (χ1) is 18.0. The largest absolute Gasteiger partial charge is 0.463 e. The zero-order valence-electron chi connectivity index (χ0n) is 21.6. The number of furan rings is 1. The molecule has 4 aromatic rings. The quantitative estimate of drug-likeness (QED) is 0.355. The molecule has 2 aromatic heterocycles. The van der Waals surface area contributed by atoms with Crippen LogP contribution < -0.4 is 10.9 Å². The minimum Gasteiger partial charge on any atom is -0.463 e. The number of amides is 1. The van der Waals surface area contributed by atoms with Crippen LogP contribution in [0.2, 0.25) is 0 Å². The van der Waals surface area contributed by atoms with Crippen molar-refractivity contribution in [2.45, 2.75) is 58.4 Å². The summed E-state index contributed by atoms with van der Waals surface area (Å²) in [6.45, 7) is 6.92. The van der Waals surface area contributed by atoms with E-state index in [-0.39, 0.29) is 12.3 Å². The normalized spacial score (nSPS) is 20.3. The van der Waals surface area contributed by atoms with Crippen LogP contribution in [0.4, 0.5) is 0 Å². The minimum absolute atomic E-state index is 0.00677. The van der Waals surface area contributed by atoms with Crippen molar-refractivity contribution < 1.29 is 13.6 Å². The van der Waals surface area contributed by atoms with Crippen molar-refractivity contribution in [3.63, 3.8) is 0 Å². The molecule has 6 rings (SSSR count). The summed E-state index contributed by atoms with van der Waals surface area (Å²) in [6, 6.07) is 12.6. The van der Waals surface area contributed by atoms with Gasteiger partial charge in [0.25, 0.3) is 0 Å². The standard InChI is InChI=1S/C31H34N2O4/c1-19-15-26-29(30-28(19)24(18-36-30)21-9-4-3-5-10-21)20(2)23(31(35)37-26)16-27(34)32-17-22-11-8-14-33-13-7-6-12-25(22)33/h3-5,9-10,15,18,22,25H,6-8,11-14,16-17H2,1-2H3,(H,32,34). The molecule has 1 amide bonds. The Balaban J connectivity index is 1.29. The maximum atomic E-state index is 13.0. The molecule has 6 heteroatoms. The van der Waals surface area contributed by atoms with Crippen molar-refractivity contribution >= 4 is 27.8 Å². The van der Waals surface area contributed by atoms with Crippen molar-refractivity contribution in [2.24, 2.45) is 5.92 Å². The molecule has 0 spiro atoms. The lowest BCUT2D eigenvalue weighted by Gasteiger charge is -2.44. The highest BCUT2D eigenvalue weighted by Crippen LogP contribution is 2.38. The number of piperidine rings is 2. The molecular formula is C31H34N2O4. The van der Waals surface area contributed by atoms with Crippen molar-refractivity contribution in [2.75, 3.05) is 19.6 Å². The van der Waals surface area contributed by atoms with Gasteiger partial charge in [-0.1, -0.05) is 36.8 Å². The molecule has 2 atom stereocenters. The average Bonchev–Trinajstić information content (AvgIpc) is 3.36. The van der Waals surface area contributed by atoms with Gasteiger partial charge in [0.1, 0.15) is 11.2 Å². The maximum Gasteiger partial charge on any atom is 0.340 e. The predicted octanol–water partition coefficient (Wildman–Crippen LogP) is 5.75. The Labute approximate surface area is 216 Å². The topological polar surface area (TPSA) is 75.7 Å². The van der Waals surface area contributed by atoms with Crippen molar-refractivity contribution in [1.29, 1.82) is 0 Å². The molecule has 0 aliphatic carbocycles. The minimum atomic E-state index is -0.454. The molecule has 0 radical (unpaired) electrons. The van der Waals surface area contributed by atoms with Gasteiger partial charge in [-0.25, -0.2) is 4.79 Å². The number of benzene rings is 2. The maximum absolute atomic E-state index is 13.0. The Bertz CT molecular complexity index is 1520. The van der Waals surface area contributed by atoms with Gasteiger partial charge >= 0.3 is 5.63 Å². The zero-order chi connectivity index (χ0) is 25.5. The van der Waals surface area contributed by atoms with Gasteiger partial charge in [0.2, 0.25) is 5.91 Å². The van der Waals surface area contributed by atoms with Crippen LogP contribution in [0.1, 0.15) is 48.8 Å². The molecule has 2 saturated heterocycles. The van der Waals surface area contributed by atoms with E-state index in [0.717, 1.165) is 39.4 Å². The predicted molar refractivity (Wildman–Crippen MR) is 146 cm³/mol. The Morgan fingerprint density at radius 2 is 1.86 bits per heavy atom. The van der Waals surface area contributed by atoms with Gasteiger partial charge in [-0.2, -0.15) is 0 Å². The monoisotopic (exact) mass is 498 g/mol. The van der Waals surface area contributed by atoms with Crippen LogP contribution in [-0.4, -0.2) is 36.5 Å². The third-order valence-corrected chi connectivity index (χ3v) is 8.50. The molecule has 2 unspecified atom stereocenters. The number of rotatable bonds is 5. The highest BCUT2D eigenvalue weighted by Gasteiger charge is 2.33. The molecule has 1 N–H and O–H groups in total. The summed E-state index contributed by atoms with van der Waals surface area (Å²) >= 11 is 0. The third-order valence-electron chi connectivity index (χ3n) is 8.50. The summed E-state index contributed by atoms with van der Waals surface area (Å²) in [5, 5.41) is 4.90. The van der Waals surface area contributed by atoms with Crippen LogP contribution in [0.5, 0.6) is 0 Å². The highest BCUT2D eigenvalue weighted by atomic mass is 16.4. The van der Waals surface area contributed by atoms with E-state index in [2.05, 4.69) is 22.3 Å². The zero-order valence-corrected chi connectivity index (χ0v) is 21.6. The van der Waals surface area contributed by atoms with Crippen LogP contribution in [0.3, 0.4) is 0 Å². The Morgan fingerprint density at radius 3 is 2.70 bits per heavy atom. The smallest absolute Gasteiger partial charge is 0.340 e. The number of nitrogens with one attached hydrogen (secondary N) is 1. The molecule has 4 heterocycles. The van der Waals surface area contributed by atoms with Gasteiger partial charge in [0, 0.05) is 23.5 Å². The first-order valence-corrected chi connectivity index (χ1v) is 13.5. The summed E-state index contributed by atoms with van der Waals surface area (Å²) in [5.41, 5.74) is 4.92. The van der Waals surface area contributed by atoms with E-state index in [1.807, 2.05) is 38.1 Å². The number of hydrogen-bond acceptors (Lipinski definition) is 5. The van der Waals surface area contributed by atoms with Gasteiger partial charge in [0.05, 0.1) is 23.6 Å². The lowest BCUT2D eigenvalue weighted by atomic mass is 9.83. The molecule has 2 aromatic carbocycles. The lowest BCUT2D eigenvalue weighted by molar-refractivity contribution is -0.120. The molecule has 37 heavy (non-hydrogen) atoms. The summed E-state index contributed by atoms with van der Waals surface area (Å²) in [5.74, 6) is 0.352. The fraction of sp³-hybridized carbons (Fsp3) is 0.419. The molecule has 0 saturated carbocycles. The summed E-state index contributed by atoms with van der Waals surface area (Å²) in [6.07, 6.45) is 7.88. The van der Waals surface area contributed by atoms with E-state index in [0.29, 0.717) is 35.2 Å². The van der Waals surface area contributed by atoms with E-state index >= 15 is 0 Å². The summed E-state index contributed by atoms with van der Waals surface area (Å²) < 4.78 is 11.8. The fourth-order valence-electron chi connectivity index (χ4n) is 6.61. The lowest BCUT2D eigenvalue weighted by Crippen LogP contribution is -2.51. The number of carbonyl (C=O) groups is 1. The van der Waals surface area contributed by atoms with Gasteiger partial charge in [-0.05, 0) is 81.3 Å². The van der Waals surface area contributed by atoms with Crippen molar-refractivity contribution in [1.82, 2.24) is 10.2 Å². The number of nitrogens with zero attached hydrogens (tertiary/aromatic N) is 1. The Hall–Kier alpha value is -3.38. The number of fused-ring (bicyclic) bond motifs is 4. The van der Waals surface area contributed by atoms with Gasteiger partial charge in [0.15, 0.2) is 0 Å². The fourth-order valence-corrected chi connectivity index (χ4v) is 6.61. The summed E-state index contributed by atoms with van der Waals surface area (Å²) in [7, 11) is 0. The van der Waals surface area contributed by atoms with E-state index in [1.165, 1.54) is 38.8 Å². The van der Waals surface area contributed by atoms with Crippen LogP contribution >= 0.6 is 0 Å². The highest BCUT2D eigenvalue weighted by molar-refractivity contribution is 6.11. The second-order valence-electron chi connectivity index (χ2n) is 10.8. The van der Waals surface area contributed by atoms with Crippen molar-refractivity contribution in [3.8, 4) is 11.1 Å². The van der Waals surface area contributed by atoms with Gasteiger partial charge < -0.3 is 19.1 Å². The molecule has 0 bridgehead atoms. The van der Waals surface area contributed by atoms with E-state index in [9.17, 15) is 9.59 Å². The molecule has 192 valence electrons. The second-order valence-corrected chi connectivity index (χ2v) is 10.8. The van der Waals surface area contributed by atoms with Gasteiger partial charge in [-0.3, -0.25) is 4.79 Å². The average molecular weight is 499 g/mol. The van der Waals surface area contributed by atoms with E-state index < -0.39 is 5.63 Å². The second kappa shape index (κ2) is 9.82. The molecular weight excluding hydrogens is 464 g/mol. The number of carbonyl (C=O) groups excluding carboxylic acids is 1. The van der Waals surface area contributed by atoms with Crippen LogP contribution in [0.15, 0.2) is 56.3 Å². The van der Waals surface area contributed by atoms with Crippen molar-refractivity contribution in [3.05, 3.63) is 69.8 Å². The molecule has 2 aliphatic heterocycles. The number of hydrogen-bond donors (Lipinski definition) is 1. The van der Waals surface area contributed by atoms with E-state index in [4.69, 9.17) is 8.83 Å². The SMILES string of the molecule is Cc1cc2oc(=O)c(CC(=O)NCC3CCCN4CCCCC34)c(C)c2c2occ(-c3ccccc3)c12. The third kappa shape index (κ3) is 4.37. The van der Waals surface area contributed by atoms with E-state index in [1.54, 1.807) is 6.26 Å². The summed E-state index contributed by atoms with van der Waals surface area (Å²) in [4.78, 5) is 28.6. The Kier molecular flexibility index (Phi) is 6.37. The molecule has 2 aliphatic rings. The first kappa shape index (κ1) is 24.0. The first-order valence-electron chi connectivity index (χ1n) is 13.5. The van der Waals surface area contributed by atoms with Gasteiger partial charge in [-0.15, -0.1) is 0 Å². The molecule has 2 fully saturated rings.